The van der Waals surface area contributed by atoms with Gasteiger partial charge in [-0.25, -0.2) is 9.79 Å². The van der Waals surface area contributed by atoms with Gasteiger partial charge in [0.15, 0.2) is 0 Å². The first-order valence-electron chi connectivity index (χ1n) is 8.68. The van der Waals surface area contributed by atoms with Crippen molar-refractivity contribution in [1.29, 1.82) is 0 Å². The molecule has 0 N–H and O–H groups in total. The molecular formula is C19H23N3O6. The highest BCUT2D eigenvalue weighted by Gasteiger charge is 2.44. The SMILES string of the molecule is CCOC(=O)C1=C(N(C)C)N=C(C)C(C(=O)OC)C1c1cccc([N+](=O)[O-])c1. The predicted octanol–water partition coefficient (Wildman–Crippen LogP) is 2.28. The lowest BCUT2D eigenvalue weighted by atomic mass is 9.76. The van der Waals surface area contributed by atoms with Crippen LogP contribution in [0.25, 0.3) is 0 Å². The highest BCUT2D eigenvalue weighted by molar-refractivity contribution is 6.07. The molecule has 9 nitrogen and oxygen atoms in total. The molecule has 1 aromatic rings. The number of carbonyl (C=O) groups is 2. The first kappa shape index (κ1) is 21.1. The van der Waals surface area contributed by atoms with Gasteiger partial charge in [0.2, 0.25) is 0 Å². The van der Waals surface area contributed by atoms with E-state index in [1.807, 2.05) is 0 Å². The van der Waals surface area contributed by atoms with Crippen molar-refractivity contribution in [3.05, 3.63) is 51.3 Å². The largest absolute Gasteiger partial charge is 0.468 e. The lowest BCUT2D eigenvalue weighted by Crippen LogP contribution is -2.38. The van der Waals surface area contributed by atoms with Crippen LogP contribution in [-0.4, -0.2) is 55.3 Å². The number of nitro groups is 1. The molecule has 0 aliphatic carbocycles. The van der Waals surface area contributed by atoms with Crippen molar-refractivity contribution in [2.45, 2.75) is 19.8 Å². The number of aliphatic imine (C=N–C) groups is 1. The van der Waals surface area contributed by atoms with E-state index >= 15 is 0 Å². The standard InChI is InChI=1S/C19H23N3O6/c1-6-28-19(24)16-15(12-8-7-9-13(10-12)22(25)26)14(18(23)27-5)11(2)20-17(16)21(3)4/h7-10,14-15H,6H2,1-5H3. The monoisotopic (exact) mass is 389 g/mol. The Morgan fingerprint density at radius 2 is 2.00 bits per heavy atom. The summed E-state index contributed by atoms with van der Waals surface area (Å²) in [5.74, 6) is -2.62. The fraction of sp³-hybridized carbons (Fsp3) is 0.421. The summed E-state index contributed by atoms with van der Waals surface area (Å²) in [5, 5.41) is 11.2. The summed E-state index contributed by atoms with van der Waals surface area (Å²) >= 11 is 0. The Bertz CT molecular complexity index is 859. The Balaban J connectivity index is 2.79. The van der Waals surface area contributed by atoms with Crippen LogP contribution in [0.5, 0.6) is 0 Å². The molecule has 2 unspecified atom stereocenters. The Morgan fingerprint density at radius 3 is 2.54 bits per heavy atom. The number of carbonyl (C=O) groups excluding carboxylic acids is 2. The van der Waals surface area contributed by atoms with E-state index in [0.29, 0.717) is 17.1 Å². The van der Waals surface area contributed by atoms with Crippen LogP contribution >= 0.6 is 0 Å². The quantitative estimate of drug-likeness (QED) is 0.417. The number of hydrogen-bond acceptors (Lipinski definition) is 8. The molecule has 0 aromatic heterocycles. The van der Waals surface area contributed by atoms with Crippen molar-refractivity contribution in [1.82, 2.24) is 4.90 Å². The molecular weight excluding hydrogens is 366 g/mol. The van der Waals surface area contributed by atoms with Gasteiger partial charge in [-0.15, -0.1) is 0 Å². The number of non-ortho nitro benzene ring substituents is 1. The molecule has 1 aliphatic rings. The van der Waals surface area contributed by atoms with E-state index < -0.39 is 28.7 Å². The maximum Gasteiger partial charge on any atom is 0.338 e. The maximum absolute atomic E-state index is 12.8. The highest BCUT2D eigenvalue weighted by atomic mass is 16.6. The summed E-state index contributed by atoms with van der Waals surface area (Å²) in [6.45, 7) is 3.47. The van der Waals surface area contributed by atoms with Gasteiger partial charge in [-0.1, -0.05) is 12.1 Å². The van der Waals surface area contributed by atoms with Crippen LogP contribution in [0.15, 0.2) is 40.7 Å². The molecule has 1 aromatic carbocycles. The molecule has 1 heterocycles. The molecule has 2 rings (SSSR count). The second kappa shape index (κ2) is 8.64. The molecule has 28 heavy (non-hydrogen) atoms. The third-order valence-corrected chi connectivity index (χ3v) is 4.43. The molecule has 150 valence electrons. The average Bonchev–Trinajstić information content (AvgIpc) is 2.66. The first-order valence-corrected chi connectivity index (χ1v) is 8.68. The van der Waals surface area contributed by atoms with Crippen molar-refractivity contribution in [2.24, 2.45) is 10.9 Å². The van der Waals surface area contributed by atoms with Gasteiger partial charge < -0.3 is 14.4 Å². The number of hydrogen-bond donors (Lipinski definition) is 0. The molecule has 1 aliphatic heterocycles. The summed E-state index contributed by atoms with van der Waals surface area (Å²) in [6.07, 6.45) is 0. The Labute approximate surface area is 162 Å². The number of methoxy groups -OCH3 is 1. The molecule has 0 amide bonds. The molecule has 0 saturated heterocycles. The van der Waals surface area contributed by atoms with Gasteiger partial charge in [-0.05, 0) is 19.4 Å². The minimum absolute atomic E-state index is 0.135. The normalized spacial score (nSPS) is 19.0. The number of nitro benzene ring substituents is 1. The minimum atomic E-state index is -0.907. The second-order valence-electron chi connectivity index (χ2n) is 6.44. The minimum Gasteiger partial charge on any atom is -0.468 e. The zero-order valence-electron chi connectivity index (χ0n) is 16.5. The van der Waals surface area contributed by atoms with E-state index in [2.05, 4.69) is 4.99 Å². The van der Waals surface area contributed by atoms with E-state index in [1.165, 1.54) is 25.3 Å². The van der Waals surface area contributed by atoms with E-state index in [-0.39, 0.29) is 17.9 Å². The van der Waals surface area contributed by atoms with Gasteiger partial charge in [0.1, 0.15) is 11.7 Å². The van der Waals surface area contributed by atoms with Crippen LogP contribution in [0.2, 0.25) is 0 Å². The van der Waals surface area contributed by atoms with E-state index in [9.17, 15) is 19.7 Å². The van der Waals surface area contributed by atoms with Crippen LogP contribution in [-0.2, 0) is 19.1 Å². The molecule has 0 saturated carbocycles. The highest BCUT2D eigenvalue weighted by Crippen LogP contribution is 2.41. The zero-order chi connectivity index (χ0) is 21.0. The van der Waals surface area contributed by atoms with Crippen molar-refractivity contribution >= 4 is 23.3 Å². The fourth-order valence-corrected chi connectivity index (χ4v) is 3.24. The van der Waals surface area contributed by atoms with Crippen molar-refractivity contribution in [3.63, 3.8) is 0 Å². The lowest BCUT2D eigenvalue weighted by Gasteiger charge is -2.33. The lowest BCUT2D eigenvalue weighted by molar-refractivity contribution is -0.384. The Hall–Kier alpha value is -3.23. The molecule has 0 fully saturated rings. The molecule has 0 spiro atoms. The second-order valence-corrected chi connectivity index (χ2v) is 6.44. The zero-order valence-corrected chi connectivity index (χ0v) is 16.5. The third kappa shape index (κ3) is 4.03. The third-order valence-electron chi connectivity index (χ3n) is 4.43. The fourth-order valence-electron chi connectivity index (χ4n) is 3.24. The summed E-state index contributed by atoms with van der Waals surface area (Å²) < 4.78 is 10.1. The van der Waals surface area contributed by atoms with E-state index in [0.717, 1.165) is 0 Å². The first-order chi connectivity index (χ1) is 13.2. The van der Waals surface area contributed by atoms with Crippen LogP contribution in [0, 0.1) is 16.0 Å². The van der Waals surface area contributed by atoms with Gasteiger partial charge >= 0.3 is 11.9 Å². The van der Waals surface area contributed by atoms with E-state index in [4.69, 9.17) is 9.47 Å². The summed E-state index contributed by atoms with van der Waals surface area (Å²) in [6, 6.07) is 5.85. The van der Waals surface area contributed by atoms with Crippen molar-refractivity contribution in [2.75, 3.05) is 27.8 Å². The molecule has 9 heteroatoms. The number of nitrogens with zero attached hydrogens (tertiary/aromatic N) is 3. The number of benzene rings is 1. The van der Waals surface area contributed by atoms with Crippen LogP contribution in [0.4, 0.5) is 5.69 Å². The average molecular weight is 389 g/mol. The van der Waals surface area contributed by atoms with E-state index in [1.54, 1.807) is 38.9 Å². The maximum atomic E-state index is 12.8. The predicted molar refractivity (Wildman–Crippen MR) is 102 cm³/mol. The Morgan fingerprint density at radius 1 is 1.32 bits per heavy atom. The van der Waals surface area contributed by atoms with Gasteiger partial charge in [-0.2, -0.15) is 0 Å². The molecule has 0 radical (unpaired) electrons. The summed E-state index contributed by atoms with van der Waals surface area (Å²) in [5.41, 5.74) is 0.894. The number of rotatable bonds is 6. The molecule has 0 bridgehead atoms. The smallest absolute Gasteiger partial charge is 0.338 e. The van der Waals surface area contributed by atoms with Crippen molar-refractivity contribution in [3.8, 4) is 0 Å². The number of esters is 2. The van der Waals surface area contributed by atoms with Gasteiger partial charge in [-0.3, -0.25) is 14.9 Å². The number of ether oxygens (including phenoxy) is 2. The topological polar surface area (TPSA) is 111 Å². The van der Waals surface area contributed by atoms with Crippen LogP contribution < -0.4 is 0 Å². The Kier molecular flexibility index (Phi) is 6.50. The van der Waals surface area contributed by atoms with Gasteiger partial charge in [0, 0.05) is 37.9 Å². The van der Waals surface area contributed by atoms with Crippen LogP contribution in [0.3, 0.4) is 0 Å². The van der Waals surface area contributed by atoms with Crippen LogP contribution in [0.1, 0.15) is 25.3 Å². The summed E-state index contributed by atoms with van der Waals surface area (Å²) in [4.78, 5) is 42.2. The molecule has 2 atom stereocenters. The summed E-state index contributed by atoms with van der Waals surface area (Å²) in [7, 11) is 4.68. The van der Waals surface area contributed by atoms with Gasteiger partial charge in [0.05, 0.1) is 24.2 Å². The van der Waals surface area contributed by atoms with Crippen molar-refractivity contribution < 1.29 is 24.0 Å². The van der Waals surface area contributed by atoms with Gasteiger partial charge in [0.25, 0.3) is 5.69 Å².